The molecule has 1 heterocycles. The Balaban J connectivity index is 0.00000245. The highest BCUT2D eigenvalue weighted by molar-refractivity contribution is 6.31. The van der Waals surface area contributed by atoms with Crippen LogP contribution in [-0.4, -0.2) is 4.98 Å². The number of hydrogen-bond acceptors (Lipinski definition) is 3. The van der Waals surface area contributed by atoms with Crippen LogP contribution in [0.1, 0.15) is 7.43 Å². The molecule has 158 valence electrons. The van der Waals surface area contributed by atoms with E-state index in [-0.39, 0.29) is 7.43 Å². The van der Waals surface area contributed by atoms with Crippen molar-refractivity contribution in [1.82, 2.24) is 4.98 Å². The highest BCUT2D eigenvalue weighted by Crippen LogP contribution is 2.40. The number of oxazole rings is 1. The third kappa shape index (κ3) is 4.16. The van der Waals surface area contributed by atoms with Crippen molar-refractivity contribution in [2.45, 2.75) is 7.43 Å². The Morgan fingerprint density at radius 3 is 2.00 bits per heavy atom. The van der Waals surface area contributed by atoms with E-state index in [1.165, 1.54) is 0 Å². The van der Waals surface area contributed by atoms with Gasteiger partial charge in [0, 0.05) is 27.4 Å². The summed E-state index contributed by atoms with van der Waals surface area (Å²) in [4.78, 5) is 4.92. The Hall–Kier alpha value is -3.82. The molecule has 0 fully saturated rings. The number of nitrogens with zero attached hydrogens (tertiary/aromatic N) is 1. The van der Waals surface area contributed by atoms with Gasteiger partial charge < -0.3 is 10.2 Å². The molecular formula is C28H23ClN2O. The maximum atomic E-state index is 6.39. The van der Waals surface area contributed by atoms with Gasteiger partial charge in [0.2, 0.25) is 5.89 Å². The zero-order valence-corrected chi connectivity index (χ0v) is 17.4. The first-order chi connectivity index (χ1) is 15.2. The topological polar surface area (TPSA) is 52.0 Å². The van der Waals surface area contributed by atoms with Crippen molar-refractivity contribution in [3.8, 4) is 45.2 Å². The molecule has 0 saturated heterocycles. The van der Waals surface area contributed by atoms with E-state index in [9.17, 15) is 0 Å². The Labute approximate surface area is 193 Å². The number of rotatable bonds is 4. The Kier molecular flexibility index (Phi) is 6.11. The van der Waals surface area contributed by atoms with E-state index >= 15 is 0 Å². The number of hydrogen-bond donors (Lipinski definition) is 1. The fraction of sp³-hybridized carbons (Fsp3) is 0.0357. The van der Waals surface area contributed by atoms with Crippen molar-refractivity contribution in [3.05, 3.63) is 108 Å². The second-order valence-electron chi connectivity index (χ2n) is 7.24. The molecule has 2 N–H and O–H groups in total. The number of nitrogen functional groups attached to an aromatic ring is 1. The van der Waals surface area contributed by atoms with Gasteiger partial charge in [-0.3, -0.25) is 0 Å². The quantitative estimate of drug-likeness (QED) is 0.287. The van der Waals surface area contributed by atoms with Crippen molar-refractivity contribution in [3.63, 3.8) is 0 Å². The molecule has 0 atom stereocenters. The van der Waals surface area contributed by atoms with E-state index < -0.39 is 0 Å². The van der Waals surface area contributed by atoms with Crippen molar-refractivity contribution < 1.29 is 4.42 Å². The summed E-state index contributed by atoms with van der Waals surface area (Å²) in [6, 6.07) is 33.5. The molecule has 0 aliphatic carbocycles. The molecule has 0 bridgehead atoms. The number of halogens is 1. The molecule has 0 aliphatic heterocycles. The Bertz CT molecular complexity index is 1290. The molecular weight excluding hydrogens is 416 g/mol. The molecule has 1 aromatic heterocycles. The molecule has 32 heavy (non-hydrogen) atoms. The van der Waals surface area contributed by atoms with Crippen molar-refractivity contribution >= 4 is 17.3 Å². The molecule has 4 aromatic carbocycles. The number of aromatic nitrogens is 1. The second-order valence-corrected chi connectivity index (χ2v) is 7.68. The maximum Gasteiger partial charge on any atom is 0.227 e. The molecule has 0 amide bonds. The lowest BCUT2D eigenvalue weighted by Crippen LogP contribution is -1.89. The number of nitrogens with two attached hydrogens (primary N) is 1. The minimum absolute atomic E-state index is 0. The highest BCUT2D eigenvalue weighted by Gasteiger charge is 2.20. The number of benzene rings is 4. The van der Waals surface area contributed by atoms with Gasteiger partial charge in [-0.25, -0.2) is 4.98 Å². The molecule has 0 radical (unpaired) electrons. The average molecular weight is 439 g/mol. The van der Waals surface area contributed by atoms with Gasteiger partial charge in [0.1, 0.15) is 5.69 Å². The standard InChI is InChI=1S/C27H19ClN2O.CH4/c28-21-14-15-23(24(17-21)20-12-7-13-22(29)16-20)27-30-25(18-8-3-1-4-9-18)26(31-27)19-10-5-2-6-11-19;/h1-17H,29H2;1H4. The van der Waals surface area contributed by atoms with Crippen LogP contribution in [0.2, 0.25) is 5.02 Å². The van der Waals surface area contributed by atoms with Crippen LogP contribution in [0.5, 0.6) is 0 Å². The molecule has 5 rings (SSSR count). The zero-order valence-electron chi connectivity index (χ0n) is 16.6. The highest BCUT2D eigenvalue weighted by atomic mass is 35.5. The summed E-state index contributed by atoms with van der Waals surface area (Å²) < 4.78 is 6.39. The minimum atomic E-state index is 0. The molecule has 0 unspecified atom stereocenters. The van der Waals surface area contributed by atoms with E-state index in [0.717, 1.165) is 39.3 Å². The molecule has 0 saturated carbocycles. The predicted molar refractivity (Wildman–Crippen MR) is 134 cm³/mol. The van der Waals surface area contributed by atoms with E-state index in [4.69, 9.17) is 26.7 Å². The van der Waals surface area contributed by atoms with Crippen LogP contribution in [0.4, 0.5) is 5.69 Å². The van der Waals surface area contributed by atoms with Crippen molar-refractivity contribution in [1.29, 1.82) is 0 Å². The molecule has 4 heteroatoms. The largest absolute Gasteiger partial charge is 0.435 e. The summed E-state index contributed by atoms with van der Waals surface area (Å²) in [5, 5.41) is 0.638. The maximum absolute atomic E-state index is 6.39. The predicted octanol–water partition coefficient (Wildman–Crippen LogP) is 8.21. The van der Waals surface area contributed by atoms with Gasteiger partial charge >= 0.3 is 0 Å². The van der Waals surface area contributed by atoms with Crippen LogP contribution in [0.15, 0.2) is 108 Å². The van der Waals surface area contributed by atoms with Crippen molar-refractivity contribution in [2.24, 2.45) is 0 Å². The second kappa shape index (κ2) is 9.13. The summed E-state index contributed by atoms with van der Waals surface area (Å²) in [5.74, 6) is 1.27. The smallest absolute Gasteiger partial charge is 0.227 e. The third-order valence-electron chi connectivity index (χ3n) is 5.12. The zero-order chi connectivity index (χ0) is 21.2. The Morgan fingerprint density at radius 1 is 0.656 bits per heavy atom. The lowest BCUT2D eigenvalue weighted by Gasteiger charge is -2.08. The van der Waals surface area contributed by atoms with Crippen LogP contribution in [-0.2, 0) is 0 Å². The first-order valence-electron chi connectivity index (χ1n) is 9.96. The molecule has 3 nitrogen and oxygen atoms in total. The van der Waals surface area contributed by atoms with Crippen LogP contribution in [0.25, 0.3) is 45.2 Å². The van der Waals surface area contributed by atoms with E-state index in [1.807, 2.05) is 103 Å². The van der Waals surface area contributed by atoms with Gasteiger partial charge in [-0.1, -0.05) is 91.8 Å². The van der Waals surface area contributed by atoms with Gasteiger partial charge in [-0.2, -0.15) is 0 Å². The first kappa shape index (κ1) is 21.4. The summed E-state index contributed by atoms with van der Waals surface area (Å²) in [7, 11) is 0. The van der Waals surface area contributed by atoms with Gasteiger partial charge in [-0.15, -0.1) is 0 Å². The van der Waals surface area contributed by atoms with Gasteiger partial charge in [-0.05, 0) is 41.5 Å². The summed E-state index contributed by atoms with van der Waals surface area (Å²) in [5.41, 5.74) is 12.2. The summed E-state index contributed by atoms with van der Waals surface area (Å²) in [6.45, 7) is 0. The molecule has 5 aromatic rings. The van der Waals surface area contributed by atoms with Crippen LogP contribution in [0.3, 0.4) is 0 Å². The third-order valence-corrected chi connectivity index (χ3v) is 5.36. The minimum Gasteiger partial charge on any atom is -0.435 e. The summed E-state index contributed by atoms with van der Waals surface area (Å²) in [6.07, 6.45) is 0. The first-order valence-corrected chi connectivity index (χ1v) is 10.3. The van der Waals surface area contributed by atoms with E-state index in [2.05, 4.69) is 0 Å². The van der Waals surface area contributed by atoms with Crippen LogP contribution in [0, 0.1) is 0 Å². The number of anilines is 1. The SMILES string of the molecule is C.Nc1cccc(-c2cc(Cl)ccc2-c2nc(-c3ccccc3)c(-c3ccccc3)o2)c1. The van der Waals surface area contributed by atoms with E-state index in [0.29, 0.717) is 16.6 Å². The fourth-order valence-electron chi connectivity index (χ4n) is 3.66. The normalized spacial score (nSPS) is 10.5. The lowest BCUT2D eigenvalue weighted by atomic mass is 9.99. The van der Waals surface area contributed by atoms with E-state index in [1.54, 1.807) is 0 Å². The lowest BCUT2D eigenvalue weighted by molar-refractivity contribution is 0.589. The molecule has 0 aliphatic rings. The molecule has 0 spiro atoms. The summed E-state index contributed by atoms with van der Waals surface area (Å²) >= 11 is 6.34. The van der Waals surface area contributed by atoms with Crippen LogP contribution < -0.4 is 5.73 Å². The Morgan fingerprint density at radius 2 is 1.31 bits per heavy atom. The van der Waals surface area contributed by atoms with Gasteiger partial charge in [0.05, 0.1) is 0 Å². The van der Waals surface area contributed by atoms with Gasteiger partial charge in [0.15, 0.2) is 5.76 Å². The van der Waals surface area contributed by atoms with Crippen LogP contribution >= 0.6 is 11.6 Å². The monoisotopic (exact) mass is 438 g/mol. The average Bonchev–Trinajstić information content (AvgIpc) is 3.25. The van der Waals surface area contributed by atoms with Gasteiger partial charge in [0.25, 0.3) is 0 Å². The fourth-order valence-corrected chi connectivity index (χ4v) is 3.83. The van der Waals surface area contributed by atoms with Crippen molar-refractivity contribution in [2.75, 3.05) is 5.73 Å².